The van der Waals surface area contributed by atoms with Crippen LogP contribution < -0.4 is 5.32 Å². The van der Waals surface area contributed by atoms with Crippen LogP contribution in [0.1, 0.15) is 15.9 Å². The fraction of sp³-hybridized carbons (Fsp3) is 0.0714. The molecule has 0 fully saturated rings. The van der Waals surface area contributed by atoms with E-state index in [9.17, 15) is 4.79 Å². The first-order valence-corrected chi connectivity index (χ1v) is 6.26. The number of carbonyl (C=O) groups excluding carboxylic acids is 1. The number of phenols is 1. The van der Waals surface area contributed by atoms with Gasteiger partial charge >= 0.3 is 0 Å². The summed E-state index contributed by atoms with van der Waals surface area (Å²) in [6.45, 7) is 0.440. The Hall–Kier alpha value is -1.81. The highest BCUT2D eigenvalue weighted by atomic mass is 79.9. The van der Waals surface area contributed by atoms with Gasteiger partial charge in [-0.3, -0.25) is 4.79 Å². The molecule has 0 aromatic heterocycles. The largest absolute Gasteiger partial charge is 0.508 e. The summed E-state index contributed by atoms with van der Waals surface area (Å²) in [4.78, 5) is 11.8. The monoisotopic (exact) mass is 305 g/mol. The second-order valence-electron chi connectivity index (χ2n) is 3.86. The number of aromatic hydroxyl groups is 1. The Morgan fingerprint density at radius 1 is 1.06 bits per heavy atom. The van der Waals surface area contributed by atoms with Crippen molar-refractivity contribution in [1.82, 2.24) is 5.32 Å². The summed E-state index contributed by atoms with van der Waals surface area (Å²) >= 11 is 3.32. The summed E-state index contributed by atoms with van der Waals surface area (Å²) < 4.78 is 0.942. The van der Waals surface area contributed by atoms with Gasteiger partial charge in [-0.1, -0.05) is 28.1 Å². The predicted octanol–water partition coefficient (Wildman–Crippen LogP) is 3.08. The molecule has 0 heterocycles. The number of nitrogens with one attached hydrogen (secondary N) is 1. The Kier molecular flexibility index (Phi) is 3.99. The third-order valence-electron chi connectivity index (χ3n) is 2.50. The van der Waals surface area contributed by atoms with Gasteiger partial charge < -0.3 is 10.4 Å². The lowest BCUT2D eigenvalue weighted by atomic mass is 10.2. The van der Waals surface area contributed by atoms with Gasteiger partial charge in [0, 0.05) is 16.6 Å². The Morgan fingerprint density at radius 3 is 2.28 bits per heavy atom. The van der Waals surface area contributed by atoms with Crippen molar-refractivity contribution in [2.45, 2.75) is 6.54 Å². The molecule has 0 saturated heterocycles. The minimum Gasteiger partial charge on any atom is -0.508 e. The number of hydrogen-bond acceptors (Lipinski definition) is 2. The van der Waals surface area contributed by atoms with Crippen molar-refractivity contribution in [2.75, 3.05) is 0 Å². The number of rotatable bonds is 3. The van der Waals surface area contributed by atoms with Crippen molar-refractivity contribution in [1.29, 1.82) is 0 Å². The van der Waals surface area contributed by atoms with Gasteiger partial charge in [-0.2, -0.15) is 0 Å². The van der Waals surface area contributed by atoms with Crippen molar-refractivity contribution in [3.8, 4) is 5.75 Å². The van der Waals surface area contributed by atoms with E-state index in [-0.39, 0.29) is 11.7 Å². The van der Waals surface area contributed by atoms with Crippen LogP contribution in [0.2, 0.25) is 0 Å². The van der Waals surface area contributed by atoms with Crippen LogP contribution in [0.4, 0.5) is 0 Å². The molecule has 2 aromatic rings. The first-order valence-electron chi connectivity index (χ1n) is 5.47. The summed E-state index contributed by atoms with van der Waals surface area (Å²) in [6.07, 6.45) is 0. The molecular formula is C14H12BrNO2. The van der Waals surface area contributed by atoms with Crippen molar-refractivity contribution in [3.63, 3.8) is 0 Å². The third-order valence-corrected chi connectivity index (χ3v) is 3.02. The lowest BCUT2D eigenvalue weighted by Crippen LogP contribution is -2.22. The first kappa shape index (κ1) is 12.6. The average Bonchev–Trinajstić information content (AvgIpc) is 2.38. The van der Waals surface area contributed by atoms with E-state index in [4.69, 9.17) is 5.11 Å². The summed E-state index contributed by atoms with van der Waals surface area (Å²) in [5.74, 6) is 0.105. The van der Waals surface area contributed by atoms with Gasteiger partial charge in [-0.15, -0.1) is 0 Å². The summed E-state index contributed by atoms with van der Waals surface area (Å²) in [6, 6.07) is 13.9. The zero-order valence-corrected chi connectivity index (χ0v) is 11.1. The van der Waals surface area contributed by atoms with E-state index in [1.165, 1.54) is 0 Å². The quantitative estimate of drug-likeness (QED) is 0.915. The molecule has 0 unspecified atom stereocenters. The van der Waals surface area contributed by atoms with Crippen LogP contribution >= 0.6 is 15.9 Å². The van der Waals surface area contributed by atoms with E-state index in [1.54, 1.807) is 36.4 Å². The van der Waals surface area contributed by atoms with Gasteiger partial charge in [0.2, 0.25) is 0 Å². The smallest absolute Gasteiger partial charge is 0.251 e. The van der Waals surface area contributed by atoms with Gasteiger partial charge in [-0.25, -0.2) is 0 Å². The van der Waals surface area contributed by atoms with E-state index in [0.29, 0.717) is 12.1 Å². The molecule has 0 spiro atoms. The van der Waals surface area contributed by atoms with E-state index < -0.39 is 0 Å². The van der Waals surface area contributed by atoms with Gasteiger partial charge in [0.25, 0.3) is 5.91 Å². The molecule has 3 nitrogen and oxygen atoms in total. The predicted molar refractivity (Wildman–Crippen MR) is 73.4 cm³/mol. The minimum atomic E-state index is -0.115. The summed E-state index contributed by atoms with van der Waals surface area (Å²) in [5, 5.41) is 12.0. The zero-order valence-electron chi connectivity index (χ0n) is 9.56. The van der Waals surface area contributed by atoms with Crippen LogP contribution in [0.5, 0.6) is 5.75 Å². The van der Waals surface area contributed by atoms with Crippen molar-refractivity contribution >= 4 is 21.8 Å². The number of amides is 1. The van der Waals surface area contributed by atoms with Crippen molar-refractivity contribution < 1.29 is 9.90 Å². The maximum absolute atomic E-state index is 11.8. The molecule has 0 aliphatic heterocycles. The summed E-state index contributed by atoms with van der Waals surface area (Å²) in [7, 11) is 0. The molecule has 0 saturated carbocycles. The fourth-order valence-corrected chi connectivity index (χ4v) is 1.76. The Labute approximate surface area is 114 Å². The second kappa shape index (κ2) is 5.69. The molecule has 1 amide bonds. The molecule has 0 radical (unpaired) electrons. The topological polar surface area (TPSA) is 49.3 Å². The van der Waals surface area contributed by atoms with Gasteiger partial charge in [0.1, 0.15) is 5.75 Å². The summed E-state index contributed by atoms with van der Waals surface area (Å²) in [5.41, 5.74) is 1.57. The molecule has 2 N–H and O–H groups in total. The van der Waals surface area contributed by atoms with Crippen molar-refractivity contribution in [3.05, 3.63) is 64.1 Å². The van der Waals surface area contributed by atoms with E-state index in [0.717, 1.165) is 10.0 Å². The Morgan fingerprint density at radius 2 is 1.67 bits per heavy atom. The van der Waals surface area contributed by atoms with E-state index in [2.05, 4.69) is 21.2 Å². The highest BCUT2D eigenvalue weighted by Crippen LogP contribution is 2.11. The third kappa shape index (κ3) is 3.34. The zero-order chi connectivity index (χ0) is 13.0. The first-order chi connectivity index (χ1) is 8.65. The number of phenolic OH excluding ortho intramolecular Hbond substituents is 1. The molecule has 0 aliphatic carbocycles. The van der Waals surface area contributed by atoms with E-state index >= 15 is 0 Å². The standard InChI is InChI=1S/C14H12BrNO2/c15-12-5-3-11(4-6-12)14(18)16-9-10-1-7-13(17)8-2-10/h1-8,17H,9H2,(H,16,18). The molecule has 0 atom stereocenters. The number of hydrogen-bond donors (Lipinski definition) is 2. The van der Waals surface area contributed by atoms with Crippen LogP contribution in [-0.2, 0) is 6.54 Å². The minimum absolute atomic E-state index is 0.115. The van der Waals surface area contributed by atoms with Gasteiger partial charge in [0.05, 0.1) is 0 Å². The highest BCUT2D eigenvalue weighted by molar-refractivity contribution is 9.10. The van der Waals surface area contributed by atoms with Gasteiger partial charge in [-0.05, 0) is 42.0 Å². The van der Waals surface area contributed by atoms with E-state index in [1.807, 2.05) is 12.1 Å². The second-order valence-corrected chi connectivity index (χ2v) is 4.77. The Bertz CT molecular complexity index is 535. The maximum Gasteiger partial charge on any atom is 0.251 e. The van der Waals surface area contributed by atoms with Crippen LogP contribution in [0.15, 0.2) is 53.0 Å². The maximum atomic E-state index is 11.8. The molecule has 0 bridgehead atoms. The van der Waals surface area contributed by atoms with Crippen LogP contribution in [0.3, 0.4) is 0 Å². The molecule has 0 aliphatic rings. The molecule has 2 rings (SSSR count). The average molecular weight is 306 g/mol. The number of carbonyl (C=O) groups is 1. The molecule has 4 heteroatoms. The van der Waals surface area contributed by atoms with Crippen LogP contribution in [0.25, 0.3) is 0 Å². The number of halogens is 1. The number of benzene rings is 2. The molecular weight excluding hydrogens is 294 g/mol. The normalized spacial score (nSPS) is 10.1. The lowest BCUT2D eigenvalue weighted by molar-refractivity contribution is 0.0951. The molecule has 18 heavy (non-hydrogen) atoms. The SMILES string of the molecule is O=C(NCc1ccc(O)cc1)c1ccc(Br)cc1. The molecule has 92 valence electrons. The fourth-order valence-electron chi connectivity index (χ4n) is 1.50. The van der Waals surface area contributed by atoms with Crippen LogP contribution in [0, 0.1) is 0 Å². The molecule has 2 aromatic carbocycles. The highest BCUT2D eigenvalue weighted by Gasteiger charge is 2.04. The van der Waals surface area contributed by atoms with Crippen molar-refractivity contribution in [2.24, 2.45) is 0 Å². The van der Waals surface area contributed by atoms with Crippen LogP contribution in [-0.4, -0.2) is 11.0 Å². The lowest BCUT2D eigenvalue weighted by Gasteiger charge is -2.05. The Balaban J connectivity index is 1.96. The van der Waals surface area contributed by atoms with Gasteiger partial charge in [0.15, 0.2) is 0 Å².